The van der Waals surface area contributed by atoms with Gasteiger partial charge in [-0.2, -0.15) is 0 Å². The number of aromatic hydroxyl groups is 3. The molecule has 0 bridgehead atoms. The summed E-state index contributed by atoms with van der Waals surface area (Å²) in [5.41, 5.74) is 5.03. The van der Waals surface area contributed by atoms with Gasteiger partial charge < -0.3 is 21.1 Å². The molecule has 14 heavy (non-hydrogen) atoms. The monoisotopic (exact) mass is 195 g/mol. The second-order valence-electron chi connectivity index (χ2n) is 2.61. The Labute approximate surface area is 79.7 Å². The number of nitrogens with two attached hydrogens (primary N) is 1. The number of carbonyl (C=O) groups excluding carboxylic acids is 1. The summed E-state index contributed by atoms with van der Waals surface area (Å²) in [4.78, 5) is 10.4. The van der Waals surface area contributed by atoms with Crippen molar-refractivity contribution in [1.29, 1.82) is 0 Å². The van der Waals surface area contributed by atoms with Crippen molar-refractivity contribution < 1.29 is 20.1 Å². The minimum absolute atomic E-state index is 0.194. The fourth-order valence-electron chi connectivity index (χ4n) is 0.891. The Balaban J connectivity index is 3.12. The maximum Gasteiger partial charge on any atom is 0.241 e. The highest BCUT2D eigenvalue weighted by Gasteiger charge is 2.08. The number of hydrogen-bond acceptors (Lipinski definition) is 4. The largest absolute Gasteiger partial charge is 0.504 e. The summed E-state index contributed by atoms with van der Waals surface area (Å²) in [5, 5.41) is 27.4. The van der Waals surface area contributed by atoms with Gasteiger partial charge >= 0.3 is 0 Å². The van der Waals surface area contributed by atoms with Crippen molar-refractivity contribution in [3.05, 3.63) is 23.8 Å². The zero-order valence-corrected chi connectivity index (χ0v) is 7.14. The van der Waals surface area contributed by atoms with Crippen LogP contribution in [0.5, 0.6) is 17.2 Å². The lowest BCUT2D eigenvalue weighted by molar-refractivity contribution is -0.113. The van der Waals surface area contributed by atoms with E-state index in [1.54, 1.807) is 0 Å². The smallest absolute Gasteiger partial charge is 0.241 e. The highest BCUT2D eigenvalue weighted by Crippen LogP contribution is 2.37. The maximum atomic E-state index is 10.4. The SMILES string of the molecule is NC(=O)/C=C/c1ccc(O)c(O)c1O. The van der Waals surface area contributed by atoms with Gasteiger partial charge in [-0.1, -0.05) is 0 Å². The molecule has 0 spiro atoms. The van der Waals surface area contributed by atoms with Gasteiger partial charge in [0, 0.05) is 11.6 Å². The van der Waals surface area contributed by atoms with Crippen molar-refractivity contribution in [2.75, 3.05) is 0 Å². The predicted molar refractivity (Wildman–Crippen MR) is 49.7 cm³/mol. The van der Waals surface area contributed by atoms with Crippen LogP contribution in [-0.4, -0.2) is 21.2 Å². The number of rotatable bonds is 2. The molecule has 0 fully saturated rings. The van der Waals surface area contributed by atoms with Crippen molar-refractivity contribution >= 4 is 12.0 Å². The average molecular weight is 195 g/mol. The third-order valence-corrected chi connectivity index (χ3v) is 1.59. The number of carbonyl (C=O) groups is 1. The third-order valence-electron chi connectivity index (χ3n) is 1.59. The number of primary amides is 1. The molecule has 5 nitrogen and oxygen atoms in total. The molecule has 5 N–H and O–H groups in total. The van der Waals surface area contributed by atoms with Gasteiger partial charge in [0.2, 0.25) is 11.7 Å². The molecule has 1 amide bonds. The molecule has 1 rings (SSSR count). The summed E-state index contributed by atoms with van der Waals surface area (Å²) in [7, 11) is 0. The van der Waals surface area contributed by atoms with Crippen LogP contribution in [0.15, 0.2) is 18.2 Å². The molecule has 74 valence electrons. The quantitative estimate of drug-likeness (QED) is 0.402. The topological polar surface area (TPSA) is 104 Å². The van der Waals surface area contributed by atoms with Crippen LogP contribution < -0.4 is 5.73 Å². The molecule has 0 saturated heterocycles. The van der Waals surface area contributed by atoms with E-state index in [-0.39, 0.29) is 5.56 Å². The van der Waals surface area contributed by atoms with Gasteiger partial charge in [0.05, 0.1) is 0 Å². The molecule has 0 aliphatic carbocycles. The van der Waals surface area contributed by atoms with Crippen molar-refractivity contribution in [2.24, 2.45) is 5.73 Å². The number of amides is 1. The van der Waals surface area contributed by atoms with Crippen LogP contribution in [0, 0.1) is 0 Å². The summed E-state index contributed by atoms with van der Waals surface area (Å²) in [6, 6.07) is 2.53. The molecule has 0 aliphatic rings. The van der Waals surface area contributed by atoms with Gasteiger partial charge in [-0.25, -0.2) is 0 Å². The third kappa shape index (κ3) is 1.95. The van der Waals surface area contributed by atoms with Crippen molar-refractivity contribution in [3.8, 4) is 17.2 Å². The fourth-order valence-corrected chi connectivity index (χ4v) is 0.891. The highest BCUT2D eigenvalue weighted by molar-refractivity contribution is 5.90. The highest BCUT2D eigenvalue weighted by atomic mass is 16.3. The fraction of sp³-hybridized carbons (Fsp3) is 0. The molecule has 0 aromatic heterocycles. The van der Waals surface area contributed by atoms with Gasteiger partial charge in [0.15, 0.2) is 11.5 Å². The molecule has 0 unspecified atom stereocenters. The zero-order chi connectivity index (χ0) is 10.7. The first-order valence-corrected chi connectivity index (χ1v) is 3.73. The first-order chi connectivity index (χ1) is 6.52. The van der Waals surface area contributed by atoms with Gasteiger partial charge in [-0.15, -0.1) is 0 Å². The van der Waals surface area contributed by atoms with Crippen LogP contribution >= 0.6 is 0 Å². The summed E-state index contributed by atoms with van der Waals surface area (Å²) in [5.74, 6) is -2.23. The van der Waals surface area contributed by atoms with E-state index in [1.807, 2.05) is 0 Å². The lowest BCUT2D eigenvalue weighted by Crippen LogP contribution is -2.05. The molecular weight excluding hydrogens is 186 g/mol. The zero-order valence-electron chi connectivity index (χ0n) is 7.14. The standard InChI is InChI=1S/C9H9NO4/c10-7(12)4-2-5-1-3-6(11)9(14)8(5)13/h1-4,11,13-14H,(H2,10,12)/b4-2+. The van der Waals surface area contributed by atoms with Crippen LogP contribution in [0.4, 0.5) is 0 Å². The molecule has 0 radical (unpaired) electrons. The molecule has 1 aromatic carbocycles. The van der Waals surface area contributed by atoms with Crippen LogP contribution in [-0.2, 0) is 4.79 Å². The minimum Gasteiger partial charge on any atom is -0.504 e. The van der Waals surface area contributed by atoms with Crippen molar-refractivity contribution in [1.82, 2.24) is 0 Å². The van der Waals surface area contributed by atoms with E-state index in [2.05, 4.69) is 0 Å². The second kappa shape index (κ2) is 3.69. The van der Waals surface area contributed by atoms with Crippen molar-refractivity contribution in [2.45, 2.75) is 0 Å². The van der Waals surface area contributed by atoms with E-state index >= 15 is 0 Å². The Morgan fingerprint density at radius 2 is 1.86 bits per heavy atom. The lowest BCUT2D eigenvalue weighted by atomic mass is 10.1. The van der Waals surface area contributed by atoms with Crippen molar-refractivity contribution in [3.63, 3.8) is 0 Å². The van der Waals surface area contributed by atoms with E-state index in [9.17, 15) is 9.90 Å². The molecule has 0 atom stereocenters. The summed E-state index contributed by atoms with van der Waals surface area (Å²) >= 11 is 0. The van der Waals surface area contributed by atoms with E-state index in [0.29, 0.717) is 0 Å². The Kier molecular flexibility index (Phi) is 2.62. The average Bonchev–Trinajstić information content (AvgIpc) is 2.13. The molecule has 0 saturated carbocycles. The molecule has 5 heteroatoms. The maximum absolute atomic E-state index is 10.4. The second-order valence-corrected chi connectivity index (χ2v) is 2.61. The summed E-state index contributed by atoms with van der Waals surface area (Å²) < 4.78 is 0. The molecule has 0 aliphatic heterocycles. The van der Waals surface area contributed by atoms with Gasteiger partial charge in [-0.05, 0) is 18.2 Å². The van der Waals surface area contributed by atoms with E-state index in [4.69, 9.17) is 15.9 Å². The van der Waals surface area contributed by atoms with Crippen LogP contribution in [0.3, 0.4) is 0 Å². The number of hydrogen-bond donors (Lipinski definition) is 4. The van der Waals surface area contributed by atoms with E-state index in [1.165, 1.54) is 18.2 Å². The molecular formula is C9H9NO4. The lowest BCUT2D eigenvalue weighted by Gasteiger charge is -2.02. The number of phenols is 3. The van der Waals surface area contributed by atoms with Gasteiger partial charge in [-0.3, -0.25) is 4.79 Å². The minimum atomic E-state index is -0.669. The summed E-state index contributed by atoms with van der Waals surface area (Å²) in [6.07, 6.45) is 2.27. The Morgan fingerprint density at radius 3 is 2.43 bits per heavy atom. The van der Waals surface area contributed by atoms with Crippen LogP contribution in [0.2, 0.25) is 0 Å². The molecule has 1 aromatic rings. The van der Waals surface area contributed by atoms with Gasteiger partial charge in [0.1, 0.15) is 0 Å². The first kappa shape index (κ1) is 9.91. The summed E-state index contributed by atoms with van der Waals surface area (Å²) in [6.45, 7) is 0. The van der Waals surface area contributed by atoms with Crippen LogP contribution in [0.1, 0.15) is 5.56 Å². The normalized spacial score (nSPS) is 10.6. The Bertz CT molecular complexity index is 398. The predicted octanol–water partition coefficient (Wildman–Crippen LogP) is 0.302. The van der Waals surface area contributed by atoms with E-state index in [0.717, 1.165) is 6.08 Å². The molecule has 0 heterocycles. The number of phenolic OH excluding ortho intramolecular Hbond substituents is 3. The Hall–Kier alpha value is -2.17. The van der Waals surface area contributed by atoms with E-state index < -0.39 is 23.2 Å². The van der Waals surface area contributed by atoms with Gasteiger partial charge in [0.25, 0.3) is 0 Å². The first-order valence-electron chi connectivity index (χ1n) is 3.73. The Morgan fingerprint density at radius 1 is 1.21 bits per heavy atom. The van der Waals surface area contributed by atoms with Crippen LogP contribution in [0.25, 0.3) is 6.08 Å². The number of benzene rings is 1.